The highest BCUT2D eigenvalue weighted by atomic mass is 16.5. The molecule has 0 amide bonds. The summed E-state index contributed by atoms with van der Waals surface area (Å²) in [4.78, 5) is 2.80. The Bertz CT molecular complexity index is 295. The van der Waals surface area contributed by atoms with Crippen LogP contribution in [0.15, 0.2) is 0 Å². The topological polar surface area (TPSA) is 24.5 Å². The Morgan fingerprint density at radius 3 is 2.35 bits per heavy atom. The van der Waals surface area contributed by atoms with E-state index in [4.69, 9.17) is 4.74 Å². The quantitative estimate of drug-likeness (QED) is 0.838. The summed E-state index contributed by atoms with van der Waals surface area (Å²) in [5.74, 6) is 0. The SMILES string of the molecule is CCC1(CC)CN(C(C)COC)C2(CCCCC2)CN1. The molecule has 3 heteroatoms. The summed E-state index contributed by atoms with van der Waals surface area (Å²) in [6.45, 7) is 10.2. The molecule has 0 aromatic carbocycles. The summed E-state index contributed by atoms with van der Waals surface area (Å²) >= 11 is 0. The zero-order valence-electron chi connectivity index (χ0n) is 14.0. The van der Waals surface area contributed by atoms with E-state index in [-0.39, 0.29) is 0 Å². The maximum Gasteiger partial charge on any atom is 0.0615 e. The van der Waals surface area contributed by atoms with Crippen molar-refractivity contribution in [1.29, 1.82) is 0 Å². The monoisotopic (exact) mass is 282 g/mol. The number of hydrogen-bond donors (Lipinski definition) is 1. The van der Waals surface area contributed by atoms with Gasteiger partial charge in [0.25, 0.3) is 0 Å². The first-order chi connectivity index (χ1) is 9.61. The van der Waals surface area contributed by atoms with Gasteiger partial charge in [-0.3, -0.25) is 4.90 Å². The minimum Gasteiger partial charge on any atom is -0.383 e. The van der Waals surface area contributed by atoms with Crippen LogP contribution in [0.25, 0.3) is 0 Å². The van der Waals surface area contributed by atoms with Gasteiger partial charge in [0, 0.05) is 37.3 Å². The van der Waals surface area contributed by atoms with Gasteiger partial charge in [-0.25, -0.2) is 0 Å². The molecule has 1 aliphatic carbocycles. The van der Waals surface area contributed by atoms with Gasteiger partial charge in [0.05, 0.1) is 6.61 Å². The van der Waals surface area contributed by atoms with Gasteiger partial charge in [-0.2, -0.15) is 0 Å². The van der Waals surface area contributed by atoms with Gasteiger partial charge in [-0.1, -0.05) is 33.1 Å². The maximum atomic E-state index is 5.46. The van der Waals surface area contributed by atoms with Crippen molar-refractivity contribution in [1.82, 2.24) is 10.2 Å². The predicted molar refractivity (Wildman–Crippen MR) is 85.2 cm³/mol. The highest BCUT2D eigenvalue weighted by Gasteiger charge is 2.47. The third-order valence-electron chi connectivity index (χ3n) is 5.95. The number of piperazine rings is 1. The Labute approximate surface area is 125 Å². The van der Waals surface area contributed by atoms with Gasteiger partial charge >= 0.3 is 0 Å². The molecule has 2 fully saturated rings. The van der Waals surface area contributed by atoms with E-state index in [0.717, 1.165) is 6.61 Å². The number of nitrogens with one attached hydrogen (secondary N) is 1. The second-order valence-electron chi connectivity index (χ2n) is 7.06. The van der Waals surface area contributed by atoms with Crippen molar-refractivity contribution in [3.8, 4) is 0 Å². The average molecular weight is 282 g/mol. The van der Waals surface area contributed by atoms with Gasteiger partial charge in [0.1, 0.15) is 0 Å². The van der Waals surface area contributed by atoms with Gasteiger partial charge in [-0.05, 0) is 32.6 Å². The molecule has 1 saturated carbocycles. The molecule has 1 aliphatic heterocycles. The second kappa shape index (κ2) is 6.76. The van der Waals surface area contributed by atoms with E-state index in [1.807, 2.05) is 7.11 Å². The standard InChI is InChI=1S/C17H34N2O/c1-5-16(6-2)14-19(15(3)12-20-4)17(13-18-16)10-8-7-9-11-17/h15,18H,5-14H2,1-4H3. The number of hydrogen-bond acceptors (Lipinski definition) is 3. The van der Waals surface area contributed by atoms with Gasteiger partial charge in [0.15, 0.2) is 0 Å². The molecule has 118 valence electrons. The summed E-state index contributed by atoms with van der Waals surface area (Å²) in [6.07, 6.45) is 9.36. The van der Waals surface area contributed by atoms with Crippen LogP contribution in [0, 0.1) is 0 Å². The lowest BCUT2D eigenvalue weighted by molar-refractivity contribution is -0.0616. The zero-order valence-corrected chi connectivity index (χ0v) is 14.0. The fourth-order valence-electron chi connectivity index (χ4n) is 4.36. The molecule has 1 heterocycles. The Morgan fingerprint density at radius 2 is 1.80 bits per heavy atom. The molecule has 0 aromatic heterocycles. The Balaban J connectivity index is 2.19. The van der Waals surface area contributed by atoms with Crippen LogP contribution in [0.4, 0.5) is 0 Å². The molecular formula is C17H34N2O. The fourth-order valence-corrected chi connectivity index (χ4v) is 4.36. The number of methoxy groups -OCH3 is 1. The summed E-state index contributed by atoms with van der Waals surface area (Å²) in [6, 6.07) is 0.526. The lowest BCUT2D eigenvalue weighted by Crippen LogP contribution is -2.72. The molecule has 1 unspecified atom stereocenters. The largest absolute Gasteiger partial charge is 0.383 e. The molecule has 20 heavy (non-hydrogen) atoms. The Kier molecular flexibility index (Phi) is 5.49. The van der Waals surface area contributed by atoms with Crippen LogP contribution in [0.1, 0.15) is 65.7 Å². The molecule has 1 N–H and O–H groups in total. The molecular weight excluding hydrogens is 248 g/mol. The second-order valence-corrected chi connectivity index (χ2v) is 7.06. The van der Waals surface area contributed by atoms with E-state index < -0.39 is 0 Å². The molecule has 1 saturated heterocycles. The zero-order chi connectivity index (χ0) is 14.6. The molecule has 0 bridgehead atoms. The smallest absolute Gasteiger partial charge is 0.0615 e. The first-order valence-corrected chi connectivity index (χ1v) is 8.62. The summed E-state index contributed by atoms with van der Waals surface area (Å²) in [5.41, 5.74) is 0.703. The minimum atomic E-state index is 0.310. The van der Waals surface area contributed by atoms with E-state index >= 15 is 0 Å². The summed E-state index contributed by atoms with van der Waals surface area (Å²) in [7, 11) is 1.83. The van der Waals surface area contributed by atoms with Crippen LogP contribution in [0.5, 0.6) is 0 Å². The lowest BCUT2D eigenvalue weighted by Gasteiger charge is -2.58. The maximum absolute atomic E-state index is 5.46. The van der Waals surface area contributed by atoms with Gasteiger partial charge < -0.3 is 10.1 Å². The van der Waals surface area contributed by atoms with E-state index in [0.29, 0.717) is 17.1 Å². The van der Waals surface area contributed by atoms with Crippen LogP contribution in [-0.4, -0.2) is 48.8 Å². The first kappa shape index (κ1) is 16.3. The molecule has 2 rings (SSSR count). The third-order valence-corrected chi connectivity index (χ3v) is 5.95. The summed E-state index contributed by atoms with van der Waals surface area (Å²) < 4.78 is 5.46. The number of rotatable bonds is 5. The van der Waals surface area contributed by atoms with Crippen molar-refractivity contribution < 1.29 is 4.74 Å². The van der Waals surface area contributed by atoms with Crippen LogP contribution in [0.3, 0.4) is 0 Å². The van der Waals surface area contributed by atoms with E-state index in [9.17, 15) is 0 Å². The molecule has 0 aromatic rings. The number of nitrogens with zero attached hydrogens (tertiary/aromatic N) is 1. The molecule has 0 radical (unpaired) electrons. The van der Waals surface area contributed by atoms with Crippen molar-refractivity contribution in [3.63, 3.8) is 0 Å². The molecule has 3 nitrogen and oxygen atoms in total. The molecule has 1 atom stereocenters. The van der Waals surface area contributed by atoms with E-state index in [2.05, 4.69) is 31.0 Å². The van der Waals surface area contributed by atoms with Gasteiger partial charge in [-0.15, -0.1) is 0 Å². The van der Waals surface area contributed by atoms with E-state index in [1.165, 1.54) is 58.0 Å². The Morgan fingerprint density at radius 1 is 1.15 bits per heavy atom. The van der Waals surface area contributed by atoms with Crippen molar-refractivity contribution in [2.45, 2.75) is 82.8 Å². The van der Waals surface area contributed by atoms with Crippen molar-refractivity contribution in [2.24, 2.45) is 0 Å². The first-order valence-electron chi connectivity index (χ1n) is 8.62. The van der Waals surface area contributed by atoms with Crippen LogP contribution >= 0.6 is 0 Å². The van der Waals surface area contributed by atoms with Crippen LogP contribution < -0.4 is 5.32 Å². The normalized spacial score (nSPS) is 27.6. The van der Waals surface area contributed by atoms with Crippen LogP contribution in [-0.2, 0) is 4.74 Å². The third kappa shape index (κ3) is 3.05. The van der Waals surface area contributed by atoms with E-state index in [1.54, 1.807) is 0 Å². The van der Waals surface area contributed by atoms with Crippen molar-refractivity contribution in [3.05, 3.63) is 0 Å². The lowest BCUT2D eigenvalue weighted by atomic mass is 9.74. The highest BCUT2D eigenvalue weighted by molar-refractivity contribution is 5.06. The van der Waals surface area contributed by atoms with Crippen molar-refractivity contribution in [2.75, 3.05) is 26.8 Å². The highest BCUT2D eigenvalue weighted by Crippen LogP contribution is 2.39. The van der Waals surface area contributed by atoms with Crippen LogP contribution in [0.2, 0.25) is 0 Å². The minimum absolute atomic E-state index is 0.310. The molecule has 2 aliphatic rings. The fraction of sp³-hybridized carbons (Fsp3) is 1.00. The van der Waals surface area contributed by atoms with Gasteiger partial charge in [0.2, 0.25) is 0 Å². The Hall–Kier alpha value is -0.120. The number of ether oxygens (including phenoxy) is 1. The average Bonchev–Trinajstić information content (AvgIpc) is 2.49. The predicted octanol–water partition coefficient (Wildman–Crippen LogP) is 3.19. The molecule has 1 spiro atoms. The van der Waals surface area contributed by atoms with Crippen molar-refractivity contribution >= 4 is 0 Å². The summed E-state index contributed by atoms with van der Waals surface area (Å²) in [5, 5.41) is 3.94.